The number of thioether (sulfide) groups is 1. The van der Waals surface area contributed by atoms with E-state index in [2.05, 4.69) is 15.4 Å². The van der Waals surface area contributed by atoms with Crippen LogP contribution in [0.1, 0.15) is 19.4 Å². The first-order valence-corrected chi connectivity index (χ1v) is 11.4. The van der Waals surface area contributed by atoms with Gasteiger partial charge in [0.2, 0.25) is 5.91 Å². The second-order valence-electron chi connectivity index (χ2n) is 8.04. The summed E-state index contributed by atoms with van der Waals surface area (Å²) in [4.78, 5) is 31.8. The van der Waals surface area contributed by atoms with Gasteiger partial charge in [0.25, 0.3) is 5.91 Å². The van der Waals surface area contributed by atoms with Crippen molar-refractivity contribution < 1.29 is 9.59 Å². The Bertz CT molecular complexity index is 1220. The summed E-state index contributed by atoms with van der Waals surface area (Å²) >= 11 is 1.27. The smallest absolute Gasteiger partial charge is 0.278 e. The third kappa shape index (κ3) is 4.91. The van der Waals surface area contributed by atoms with Gasteiger partial charge in [0, 0.05) is 36.4 Å². The average Bonchev–Trinajstić information content (AvgIpc) is 3.30. The number of hydrogen-bond donors (Lipinski definition) is 1. The molecule has 1 N–H and O–H groups in total. The predicted octanol–water partition coefficient (Wildman–Crippen LogP) is 4.14. The summed E-state index contributed by atoms with van der Waals surface area (Å²) in [7, 11) is 1.82. The molecule has 164 valence electrons. The number of carbonyl (C=O) groups is 2. The predicted molar refractivity (Wildman–Crippen MR) is 130 cm³/mol. The molecule has 0 radical (unpaired) electrons. The maximum absolute atomic E-state index is 12.9. The number of rotatable bonds is 6. The molecule has 0 saturated heterocycles. The van der Waals surface area contributed by atoms with Crippen LogP contribution in [0.5, 0.6) is 0 Å². The number of nitrogens with one attached hydrogen (secondary N) is 1. The fraction of sp³-hybridized carbons (Fsp3) is 0.250. The molecule has 0 fully saturated rings. The number of hydrogen-bond acceptors (Lipinski definition) is 5. The summed E-state index contributed by atoms with van der Waals surface area (Å²) in [5.41, 5.74) is 1.94. The molecule has 32 heavy (non-hydrogen) atoms. The van der Waals surface area contributed by atoms with Crippen molar-refractivity contribution in [3.05, 3.63) is 66.1 Å². The molecule has 2 amide bonds. The zero-order chi connectivity index (χ0) is 22.7. The largest absolute Gasteiger partial charge is 0.325 e. The lowest BCUT2D eigenvalue weighted by Gasteiger charge is -2.19. The van der Waals surface area contributed by atoms with E-state index in [9.17, 15) is 9.59 Å². The first kappa shape index (κ1) is 21.8. The molecule has 3 aromatic rings. The quantitative estimate of drug-likeness (QED) is 0.576. The van der Waals surface area contributed by atoms with Gasteiger partial charge in [-0.25, -0.2) is 4.99 Å². The van der Waals surface area contributed by atoms with E-state index in [0.29, 0.717) is 17.4 Å². The van der Waals surface area contributed by atoms with Gasteiger partial charge < -0.3 is 5.32 Å². The minimum Gasteiger partial charge on any atom is -0.325 e. The van der Waals surface area contributed by atoms with Crippen molar-refractivity contribution in [2.75, 3.05) is 17.6 Å². The maximum Gasteiger partial charge on any atom is 0.278 e. The highest BCUT2D eigenvalue weighted by molar-refractivity contribution is 8.14. The second kappa shape index (κ2) is 9.40. The number of amides is 2. The van der Waals surface area contributed by atoms with Gasteiger partial charge in [-0.3, -0.25) is 19.2 Å². The first-order valence-electron chi connectivity index (χ1n) is 10.4. The van der Waals surface area contributed by atoms with E-state index in [4.69, 9.17) is 0 Å². The highest BCUT2D eigenvalue weighted by Crippen LogP contribution is 2.26. The van der Waals surface area contributed by atoms with E-state index in [0.717, 1.165) is 22.0 Å². The molecular formula is C24H25N5O2S. The van der Waals surface area contributed by atoms with E-state index in [-0.39, 0.29) is 23.5 Å². The van der Waals surface area contributed by atoms with Gasteiger partial charge in [-0.15, -0.1) is 0 Å². The Balaban J connectivity index is 1.49. The molecule has 0 aliphatic carbocycles. The number of amidine groups is 1. The van der Waals surface area contributed by atoms with E-state index in [1.54, 1.807) is 21.9 Å². The molecule has 1 aliphatic rings. The van der Waals surface area contributed by atoms with E-state index >= 15 is 0 Å². The SMILES string of the molecule is CC(C)CN1C(=O)/C(=C\c2cnn(C)c2)N=C1SCC(=O)Nc1cccc2ccccc12. The van der Waals surface area contributed by atoms with Crippen molar-refractivity contribution in [1.82, 2.24) is 14.7 Å². The van der Waals surface area contributed by atoms with Gasteiger partial charge >= 0.3 is 0 Å². The van der Waals surface area contributed by atoms with E-state index < -0.39 is 0 Å². The van der Waals surface area contributed by atoms with Crippen molar-refractivity contribution in [2.45, 2.75) is 13.8 Å². The minimum atomic E-state index is -0.153. The summed E-state index contributed by atoms with van der Waals surface area (Å²) in [6.45, 7) is 4.64. The van der Waals surface area contributed by atoms with Crippen molar-refractivity contribution in [3.8, 4) is 0 Å². The van der Waals surface area contributed by atoms with Gasteiger partial charge in [0.1, 0.15) is 5.70 Å². The molecule has 1 aliphatic heterocycles. The van der Waals surface area contributed by atoms with Crippen LogP contribution in [-0.4, -0.2) is 44.0 Å². The van der Waals surface area contributed by atoms with Crippen LogP contribution in [0, 0.1) is 5.92 Å². The Morgan fingerprint density at radius 2 is 1.97 bits per heavy atom. The topological polar surface area (TPSA) is 79.6 Å². The Morgan fingerprint density at radius 3 is 2.72 bits per heavy atom. The highest BCUT2D eigenvalue weighted by Gasteiger charge is 2.31. The summed E-state index contributed by atoms with van der Waals surface area (Å²) in [5, 5.41) is 9.72. The number of anilines is 1. The van der Waals surface area contributed by atoms with Crippen LogP contribution in [0.25, 0.3) is 16.8 Å². The lowest BCUT2D eigenvalue weighted by molar-refractivity contribution is -0.122. The van der Waals surface area contributed by atoms with Crippen LogP contribution in [0.4, 0.5) is 5.69 Å². The third-order valence-electron chi connectivity index (χ3n) is 4.88. The van der Waals surface area contributed by atoms with E-state index in [1.165, 1.54) is 11.8 Å². The van der Waals surface area contributed by atoms with E-state index in [1.807, 2.05) is 69.6 Å². The number of fused-ring (bicyclic) bond motifs is 1. The summed E-state index contributed by atoms with van der Waals surface area (Å²) in [6, 6.07) is 13.7. The molecule has 0 spiro atoms. The van der Waals surface area contributed by atoms with Crippen LogP contribution < -0.4 is 5.32 Å². The molecule has 0 saturated carbocycles. The maximum atomic E-state index is 12.9. The van der Waals surface area contributed by atoms with Crippen LogP contribution in [0.2, 0.25) is 0 Å². The second-order valence-corrected chi connectivity index (χ2v) is 8.99. The zero-order valence-corrected chi connectivity index (χ0v) is 19.1. The standard InChI is InChI=1S/C24H25N5O2S/c1-16(2)13-29-23(31)21(11-17-12-25-28(3)14-17)27-24(29)32-15-22(30)26-20-10-6-8-18-7-4-5-9-19(18)20/h4-12,14,16H,13,15H2,1-3H3,(H,26,30)/b21-11+. The van der Waals surface area contributed by atoms with Gasteiger partial charge in [-0.1, -0.05) is 62.0 Å². The molecule has 0 bridgehead atoms. The fourth-order valence-corrected chi connectivity index (χ4v) is 4.30. The minimum absolute atomic E-state index is 0.143. The van der Waals surface area contributed by atoms with Gasteiger partial charge in [0.15, 0.2) is 5.17 Å². The number of nitrogens with zero attached hydrogens (tertiary/aromatic N) is 4. The first-order chi connectivity index (χ1) is 15.4. The normalized spacial score (nSPS) is 15.1. The van der Waals surface area contributed by atoms with Gasteiger partial charge in [0.05, 0.1) is 11.9 Å². The zero-order valence-electron chi connectivity index (χ0n) is 18.3. The molecular weight excluding hydrogens is 422 g/mol. The van der Waals surface area contributed by atoms with Crippen molar-refractivity contribution in [3.63, 3.8) is 0 Å². The number of aryl methyl sites for hydroxylation is 1. The van der Waals surface area contributed by atoms with Crippen LogP contribution >= 0.6 is 11.8 Å². The van der Waals surface area contributed by atoms with Crippen LogP contribution in [0.15, 0.2) is 65.5 Å². The van der Waals surface area contributed by atoms with Gasteiger partial charge in [-0.05, 0) is 23.4 Å². The summed E-state index contributed by atoms with van der Waals surface area (Å²) < 4.78 is 1.68. The Labute approximate surface area is 191 Å². The molecule has 7 nitrogen and oxygen atoms in total. The lowest BCUT2D eigenvalue weighted by Crippen LogP contribution is -2.34. The molecule has 0 atom stereocenters. The van der Waals surface area contributed by atoms with Gasteiger partial charge in [-0.2, -0.15) is 5.10 Å². The monoisotopic (exact) mass is 447 g/mol. The lowest BCUT2D eigenvalue weighted by atomic mass is 10.1. The molecule has 4 rings (SSSR count). The van der Waals surface area contributed by atoms with Crippen LogP contribution in [-0.2, 0) is 16.6 Å². The summed E-state index contributed by atoms with van der Waals surface area (Å²) in [6.07, 6.45) is 5.24. The third-order valence-corrected chi connectivity index (χ3v) is 5.86. The number of aliphatic imine (C=N–C) groups is 1. The number of benzene rings is 2. The molecule has 0 unspecified atom stereocenters. The highest BCUT2D eigenvalue weighted by atomic mass is 32.2. The van der Waals surface area contributed by atoms with Crippen molar-refractivity contribution in [2.24, 2.45) is 18.0 Å². The Morgan fingerprint density at radius 1 is 1.19 bits per heavy atom. The van der Waals surface area contributed by atoms with Crippen molar-refractivity contribution in [1.29, 1.82) is 0 Å². The molecule has 8 heteroatoms. The van der Waals surface area contributed by atoms with Crippen LogP contribution in [0.3, 0.4) is 0 Å². The molecule has 2 heterocycles. The molecule has 2 aromatic carbocycles. The number of aromatic nitrogens is 2. The fourth-order valence-electron chi connectivity index (χ4n) is 3.49. The Hall–Kier alpha value is -3.39. The average molecular weight is 448 g/mol. The summed E-state index contributed by atoms with van der Waals surface area (Å²) in [5.74, 6) is 0.131. The molecule has 1 aromatic heterocycles. The Kier molecular flexibility index (Phi) is 6.41. The number of carbonyl (C=O) groups excluding carboxylic acids is 2. The van der Waals surface area contributed by atoms with Crippen molar-refractivity contribution >= 4 is 51.3 Å².